The molecule has 1 rings (SSSR count). The third-order valence-corrected chi connectivity index (χ3v) is 4.68. The highest BCUT2D eigenvalue weighted by molar-refractivity contribution is 5.82. The first kappa shape index (κ1) is 18.2. The van der Waals surface area contributed by atoms with Crippen molar-refractivity contribution < 1.29 is 9.90 Å². The van der Waals surface area contributed by atoms with Gasteiger partial charge in [0.1, 0.15) is 5.78 Å². The van der Waals surface area contributed by atoms with Crippen molar-refractivity contribution >= 4 is 5.78 Å². The van der Waals surface area contributed by atoms with Crippen LogP contribution in [-0.2, 0) is 4.79 Å². The van der Waals surface area contributed by atoms with Gasteiger partial charge in [-0.15, -0.1) is 6.58 Å². The first-order chi connectivity index (χ1) is 10.0. The summed E-state index contributed by atoms with van der Waals surface area (Å²) in [6.07, 6.45) is 11.0. The van der Waals surface area contributed by atoms with E-state index >= 15 is 0 Å². The van der Waals surface area contributed by atoms with Crippen LogP contribution in [0.4, 0.5) is 0 Å². The number of carbonyl (C=O) groups is 1. The molecule has 1 N–H and O–H groups in total. The first-order valence-electron chi connectivity index (χ1n) is 8.49. The molecule has 1 aliphatic carbocycles. The third-order valence-electron chi connectivity index (χ3n) is 4.68. The average Bonchev–Trinajstić information content (AvgIpc) is 2.43. The smallest absolute Gasteiger partial charge is 0.138 e. The van der Waals surface area contributed by atoms with Crippen LogP contribution in [-0.4, -0.2) is 17.0 Å². The van der Waals surface area contributed by atoms with Gasteiger partial charge in [0.25, 0.3) is 0 Å². The maximum absolute atomic E-state index is 12.3. The van der Waals surface area contributed by atoms with Crippen molar-refractivity contribution in [2.75, 3.05) is 0 Å². The lowest BCUT2D eigenvalue weighted by Gasteiger charge is -2.36. The van der Waals surface area contributed by atoms with E-state index in [1.54, 1.807) is 0 Å². The van der Waals surface area contributed by atoms with Crippen molar-refractivity contribution in [3.8, 4) is 0 Å². The van der Waals surface area contributed by atoms with E-state index in [0.717, 1.165) is 32.1 Å². The molecule has 21 heavy (non-hydrogen) atoms. The maximum atomic E-state index is 12.3. The molecule has 1 fully saturated rings. The Hall–Kier alpha value is -0.890. The lowest BCUT2D eigenvalue weighted by Crippen LogP contribution is -2.41. The lowest BCUT2D eigenvalue weighted by atomic mass is 9.70. The fourth-order valence-electron chi connectivity index (χ4n) is 3.46. The van der Waals surface area contributed by atoms with Gasteiger partial charge >= 0.3 is 0 Å². The molecule has 2 heteroatoms. The summed E-state index contributed by atoms with van der Waals surface area (Å²) in [5, 5.41) is 10.8. The monoisotopic (exact) mass is 292 g/mol. The summed E-state index contributed by atoms with van der Waals surface area (Å²) in [6, 6.07) is 0. The molecule has 0 aromatic rings. The van der Waals surface area contributed by atoms with Crippen LogP contribution >= 0.6 is 0 Å². The first-order valence-corrected chi connectivity index (χ1v) is 8.49. The van der Waals surface area contributed by atoms with Crippen LogP contribution in [0.1, 0.15) is 59.3 Å². The zero-order valence-corrected chi connectivity index (χ0v) is 13.9. The van der Waals surface area contributed by atoms with Crippen LogP contribution in [0, 0.1) is 23.7 Å². The molecule has 0 amide bonds. The van der Waals surface area contributed by atoms with E-state index in [-0.39, 0.29) is 23.5 Å². The largest absolute Gasteiger partial charge is 0.392 e. The minimum atomic E-state index is -0.510. The highest BCUT2D eigenvalue weighted by atomic mass is 16.3. The zero-order valence-electron chi connectivity index (χ0n) is 13.9. The van der Waals surface area contributed by atoms with Gasteiger partial charge in [-0.05, 0) is 43.4 Å². The Morgan fingerprint density at radius 1 is 1.43 bits per heavy atom. The lowest BCUT2D eigenvalue weighted by molar-refractivity contribution is -0.133. The second-order valence-corrected chi connectivity index (χ2v) is 6.74. The normalized spacial score (nSPS) is 26.2. The summed E-state index contributed by atoms with van der Waals surface area (Å²) in [5.74, 6) is 1.06. The fourth-order valence-corrected chi connectivity index (χ4v) is 3.46. The van der Waals surface area contributed by atoms with Crippen LogP contribution in [0.25, 0.3) is 0 Å². The van der Waals surface area contributed by atoms with E-state index < -0.39 is 6.10 Å². The number of ketones is 1. The molecule has 0 aromatic heterocycles. The van der Waals surface area contributed by atoms with E-state index in [9.17, 15) is 9.90 Å². The maximum Gasteiger partial charge on any atom is 0.138 e. The van der Waals surface area contributed by atoms with Gasteiger partial charge in [-0.2, -0.15) is 0 Å². The predicted octanol–water partition coefficient (Wildman–Crippen LogP) is 4.54. The number of aliphatic hydroxyl groups is 1. The molecule has 0 radical (unpaired) electrons. The van der Waals surface area contributed by atoms with Gasteiger partial charge in [0.2, 0.25) is 0 Å². The second kappa shape index (κ2) is 9.19. The van der Waals surface area contributed by atoms with Gasteiger partial charge in [0.15, 0.2) is 0 Å². The number of hydrogen-bond acceptors (Lipinski definition) is 2. The van der Waals surface area contributed by atoms with Crippen molar-refractivity contribution in [1.29, 1.82) is 0 Å². The molecule has 0 saturated heterocycles. The Morgan fingerprint density at radius 2 is 2.14 bits per heavy atom. The van der Waals surface area contributed by atoms with Crippen molar-refractivity contribution in [3.63, 3.8) is 0 Å². The number of Topliss-reactive ketones (excluding diaryl/α,β-unsaturated/α-hetero) is 1. The van der Waals surface area contributed by atoms with E-state index in [1.807, 2.05) is 6.08 Å². The van der Waals surface area contributed by atoms with E-state index in [1.165, 1.54) is 0 Å². The molecule has 0 heterocycles. The van der Waals surface area contributed by atoms with E-state index in [4.69, 9.17) is 0 Å². The highest BCUT2D eigenvalue weighted by Crippen LogP contribution is 2.36. The SMILES string of the molecule is C=CC[C@@H]1CCCC(=O)[C@H]1[C@H](O)C(CC)C/C=C/C(C)C. The summed E-state index contributed by atoms with van der Waals surface area (Å²) < 4.78 is 0. The van der Waals surface area contributed by atoms with E-state index in [2.05, 4.69) is 39.5 Å². The Bertz CT molecular complexity index is 357. The molecular formula is C19H32O2. The molecule has 0 spiro atoms. The molecule has 0 bridgehead atoms. The minimum absolute atomic E-state index is 0.180. The highest BCUT2D eigenvalue weighted by Gasteiger charge is 2.38. The summed E-state index contributed by atoms with van der Waals surface area (Å²) in [5.41, 5.74) is 0. The molecule has 120 valence electrons. The number of rotatable bonds is 8. The summed E-state index contributed by atoms with van der Waals surface area (Å²) in [7, 11) is 0. The molecule has 2 nitrogen and oxygen atoms in total. The molecule has 4 atom stereocenters. The molecule has 1 aliphatic rings. The Kier molecular flexibility index (Phi) is 7.95. The minimum Gasteiger partial charge on any atom is -0.392 e. The van der Waals surface area contributed by atoms with Crippen molar-refractivity contribution in [1.82, 2.24) is 0 Å². The van der Waals surface area contributed by atoms with Gasteiger partial charge < -0.3 is 5.11 Å². The van der Waals surface area contributed by atoms with Crippen molar-refractivity contribution in [2.24, 2.45) is 23.7 Å². The summed E-state index contributed by atoms with van der Waals surface area (Å²) in [6.45, 7) is 10.2. The zero-order chi connectivity index (χ0) is 15.8. The van der Waals surface area contributed by atoms with Gasteiger partial charge in [-0.3, -0.25) is 4.79 Å². The quantitative estimate of drug-likeness (QED) is 0.667. The Balaban J connectivity index is 2.76. The second-order valence-electron chi connectivity index (χ2n) is 6.74. The molecule has 0 aromatic carbocycles. The molecule has 0 aliphatic heterocycles. The van der Waals surface area contributed by atoms with E-state index in [0.29, 0.717) is 12.3 Å². The third kappa shape index (κ3) is 5.43. The van der Waals surface area contributed by atoms with Crippen LogP contribution in [0.15, 0.2) is 24.8 Å². The van der Waals surface area contributed by atoms with Gasteiger partial charge in [0.05, 0.1) is 6.10 Å². The fraction of sp³-hybridized carbons (Fsp3) is 0.737. The van der Waals surface area contributed by atoms with Crippen LogP contribution < -0.4 is 0 Å². The average molecular weight is 292 g/mol. The Morgan fingerprint density at radius 3 is 2.71 bits per heavy atom. The molecule has 1 saturated carbocycles. The van der Waals surface area contributed by atoms with Crippen molar-refractivity contribution in [3.05, 3.63) is 24.8 Å². The number of carbonyl (C=O) groups excluding carboxylic acids is 1. The van der Waals surface area contributed by atoms with Crippen LogP contribution in [0.3, 0.4) is 0 Å². The molecule has 1 unspecified atom stereocenters. The topological polar surface area (TPSA) is 37.3 Å². The standard InChI is InChI=1S/C19H32O2/c1-5-9-16-12-8-13-17(20)18(16)19(21)15(6-2)11-7-10-14(3)4/h5,7,10,14-16,18-19,21H,1,6,8-9,11-13H2,2-4H3/b10-7+/t15?,16-,18+,19-/m1/s1. The van der Waals surface area contributed by atoms with Gasteiger partial charge in [0, 0.05) is 12.3 Å². The van der Waals surface area contributed by atoms with Gasteiger partial charge in [-0.25, -0.2) is 0 Å². The molecular weight excluding hydrogens is 260 g/mol. The van der Waals surface area contributed by atoms with Crippen LogP contribution in [0.5, 0.6) is 0 Å². The van der Waals surface area contributed by atoms with Crippen molar-refractivity contribution in [2.45, 2.75) is 65.4 Å². The summed E-state index contributed by atoms with van der Waals surface area (Å²) in [4.78, 5) is 12.3. The van der Waals surface area contributed by atoms with Crippen LogP contribution in [0.2, 0.25) is 0 Å². The van der Waals surface area contributed by atoms with Gasteiger partial charge in [-0.1, -0.05) is 45.4 Å². The number of hydrogen-bond donors (Lipinski definition) is 1. The number of aliphatic hydroxyl groups excluding tert-OH is 1. The predicted molar refractivity (Wildman–Crippen MR) is 89.0 cm³/mol. The summed E-state index contributed by atoms with van der Waals surface area (Å²) >= 11 is 0. The Labute approximate surface area is 130 Å². The number of allylic oxidation sites excluding steroid dienone is 3.